The van der Waals surface area contributed by atoms with Gasteiger partial charge in [-0.15, -0.1) is 0 Å². The highest BCUT2D eigenvalue weighted by Crippen LogP contribution is 2.39. The van der Waals surface area contributed by atoms with Crippen molar-refractivity contribution in [3.8, 4) is 0 Å². The average molecular weight is 542 g/mol. The minimum atomic E-state index is -5.00. The van der Waals surface area contributed by atoms with Gasteiger partial charge >= 0.3 is 22.4 Å². The molecule has 2 aliphatic carbocycles. The van der Waals surface area contributed by atoms with Gasteiger partial charge in [0.05, 0.1) is 24.5 Å². The summed E-state index contributed by atoms with van der Waals surface area (Å²) in [5, 5.41) is 19.6. The first-order chi connectivity index (χ1) is 17.4. The molecule has 1 saturated heterocycles. The molecule has 0 bridgehead atoms. The third kappa shape index (κ3) is 5.01. The van der Waals surface area contributed by atoms with Crippen molar-refractivity contribution in [3.05, 3.63) is 45.9 Å². The third-order valence-corrected chi connectivity index (χ3v) is 8.85. The van der Waals surface area contributed by atoms with E-state index in [4.69, 9.17) is 0 Å². The van der Waals surface area contributed by atoms with Gasteiger partial charge in [0.2, 0.25) is 0 Å². The van der Waals surface area contributed by atoms with Crippen molar-refractivity contribution in [2.75, 3.05) is 29.3 Å². The topological polar surface area (TPSA) is 114 Å². The lowest BCUT2D eigenvalue weighted by molar-refractivity contribution is -0.143. The summed E-state index contributed by atoms with van der Waals surface area (Å²) in [5.41, 5.74) is 4.59. The second kappa shape index (κ2) is 9.48. The van der Waals surface area contributed by atoms with E-state index in [-0.39, 0.29) is 25.2 Å². The number of alkyl halides is 3. The van der Waals surface area contributed by atoms with Crippen LogP contribution in [0.5, 0.6) is 0 Å². The molecule has 2 amide bonds. The Morgan fingerprint density at radius 2 is 1.84 bits per heavy atom. The monoisotopic (exact) mass is 541 g/mol. The number of nitrogens with one attached hydrogen (secondary N) is 1. The third-order valence-electron chi connectivity index (χ3n) is 7.26. The van der Waals surface area contributed by atoms with Gasteiger partial charge in [-0.1, -0.05) is 6.07 Å². The van der Waals surface area contributed by atoms with Crippen LogP contribution < -0.4 is 9.62 Å². The van der Waals surface area contributed by atoms with Crippen LogP contribution in [-0.2, 0) is 42.9 Å². The van der Waals surface area contributed by atoms with E-state index in [1.807, 2.05) is 0 Å². The predicted molar refractivity (Wildman–Crippen MR) is 130 cm³/mol. The molecule has 202 valence electrons. The molecule has 1 aromatic carbocycles. The second-order valence-electron chi connectivity index (χ2n) is 9.86. The molecule has 0 saturated carbocycles. The molecule has 2 heterocycles. The first kappa shape index (κ1) is 25.8. The molecular formula is C23H28F3N6O4S-. The lowest BCUT2D eigenvalue weighted by Gasteiger charge is -2.37. The van der Waals surface area contributed by atoms with E-state index in [0.29, 0.717) is 5.69 Å². The molecule has 37 heavy (non-hydrogen) atoms. The quantitative estimate of drug-likeness (QED) is 0.563. The number of aromatic nitrogens is 2. The minimum absolute atomic E-state index is 0.00324. The predicted octanol–water partition coefficient (Wildman–Crippen LogP) is 3.12. The smallest absolute Gasteiger partial charge is 0.401 e. The summed E-state index contributed by atoms with van der Waals surface area (Å²) >= 11 is 0. The number of urea groups is 1. The number of halogens is 3. The van der Waals surface area contributed by atoms with E-state index in [1.165, 1.54) is 24.1 Å². The number of nitrogens with zero attached hydrogens (tertiary/aromatic N) is 5. The summed E-state index contributed by atoms with van der Waals surface area (Å²) in [5.74, 6) is 0. The fourth-order valence-corrected chi connectivity index (χ4v) is 7.08. The van der Waals surface area contributed by atoms with E-state index in [1.54, 1.807) is 0 Å². The van der Waals surface area contributed by atoms with Crippen molar-refractivity contribution in [1.29, 1.82) is 0 Å². The largest absolute Gasteiger partial charge is 0.740 e. The van der Waals surface area contributed by atoms with Gasteiger partial charge < -0.3 is 10.5 Å². The Morgan fingerprint density at radius 3 is 2.41 bits per heavy atom. The van der Waals surface area contributed by atoms with E-state index in [0.717, 1.165) is 70.0 Å². The summed E-state index contributed by atoms with van der Waals surface area (Å²) in [6, 6.07) is -0.192. The lowest BCUT2D eigenvalue weighted by atomic mass is 9.99. The Balaban J connectivity index is 1.42. The number of carbonyl (C=O) groups is 1. The van der Waals surface area contributed by atoms with Gasteiger partial charge in [0.25, 0.3) is 0 Å². The van der Waals surface area contributed by atoms with Crippen LogP contribution in [0.1, 0.15) is 41.5 Å². The zero-order chi connectivity index (χ0) is 26.5. The van der Waals surface area contributed by atoms with Crippen molar-refractivity contribution < 1.29 is 26.4 Å². The summed E-state index contributed by atoms with van der Waals surface area (Å²) in [6.45, 7) is -1.46. The van der Waals surface area contributed by atoms with Crippen molar-refractivity contribution in [2.24, 2.45) is 7.05 Å². The fourth-order valence-electron chi connectivity index (χ4n) is 5.76. The summed E-state index contributed by atoms with van der Waals surface area (Å²) in [6.07, 6.45) is 3.13. The zero-order valence-corrected chi connectivity index (χ0v) is 21.1. The van der Waals surface area contributed by atoms with Crippen molar-refractivity contribution in [1.82, 2.24) is 19.1 Å². The Morgan fingerprint density at radius 1 is 1.19 bits per heavy atom. The molecule has 10 nitrogen and oxygen atoms in total. The molecule has 0 spiro atoms. The van der Waals surface area contributed by atoms with E-state index >= 15 is 0 Å². The summed E-state index contributed by atoms with van der Waals surface area (Å²) in [4.78, 5) is 14.2. The maximum absolute atomic E-state index is 13.5. The normalized spacial score (nSPS) is 19.6. The highest BCUT2D eigenvalue weighted by molar-refractivity contribution is 7.91. The maximum atomic E-state index is 13.5. The lowest BCUT2D eigenvalue weighted by Crippen LogP contribution is -2.51. The van der Waals surface area contributed by atoms with Crippen LogP contribution in [0.15, 0.2) is 18.5 Å². The number of amides is 2. The molecule has 1 unspecified atom stereocenters. The summed E-state index contributed by atoms with van der Waals surface area (Å²) < 4.78 is 67.3. The van der Waals surface area contributed by atoms with Gasteiger partial charge in [-0.2, -0.15) is 26.7 Å². The SMILES string of the molecule is Cn1cc(N(C2CCN(CC(F)(F)F)C2)S(=O)(=O)N([O-])C(=O)Nc2c3c(cc4c2CCC4)CCC3)cn1. The Hall–Kier alpha value is -2.84. The number of rotatable bonds is 6. The number of fused-ring (bicyclic) bond motifs is 2. The van der Waals surface area contributed by atoms with Crippen LogP contribution in [0.25, 0.3) is 0 Å². The number of aryl methyl sites for hydroxylation is 3. The van der Waals surface area contributed by atoms with Gasteiger partial charge in [-0.25, -0.2) is 9.10 Å². The molecule has 1 N–H and O–H groups in total. The summed E-state index contributed by atoms with van der Waals surface area (Å²) in [7, 11) is -3.46. The van der Waals surface area contributed by atoms with Crippen LogP contribution >= 0.6 is 0 Å². The number of anilines is 2. The average Bonchev–Trinajstić information content (AvgIpc) is 3.60. The molecule has 5 rings (SSSR count). The number of hydroxylamine groups is 1. The molecule has 1 atom stereocenters. The molecule has 1 fully saturated rings. The molecule has 3 aliphatic rings. The zero-order valence-electron chi connectivity index (χ0n) is 20.3. The number of carbonyl (C=O) groups excluding carboxylic acids is 1. The first-order valence-corrected chi connectivity index (χ1v) is 13.6. The number of benzene rings is 1. The van der Waals surface area contributed by atoms with Gasteiger partial charge in [-0.05, 0) is 67.2 Å². The number of likely N-dealkylation sites (tertiary alicyclic amines) is 1. The van der Waals surface area contributed by atoms with Gasteiger partial charge in [0, 0.05) is 32.0 Å². The van der Waals surface area contributed by atoms with Crippen LogP contribution in [0.4, 0.5) is 29.3 Å². The Kier molecular flexibility index (Phi) is 6.61. The number of hydrogen-bond donors (Lipinski definition) is 1. The molecular weight excluding hydrogens is 513 g/mol. The fraction of sp³-hybridized carbons (Fsp3) is 0.565. The van der Waals surface area contributed by atoms with Crippen LogP contribution in [-0.4, -0.2) is 65.5 Å². The van der Waals surface area contributed by atoms with E-state index in [2.05, 4.69) is 16.5 Å². The van der Waals surface area contributed by atoms with Gasteiger partial charge in [-0.3, -0.25) is 14.1 Å². The second-order valence-corrected chi connectivity index (χ2v) is 11.5. The van der Waals surface area contributed by atoms with E-state index in [9.17, 15) is 31.6 Å². The van der Waals surface area contributed by atoms with Crippen LogP contribution in [0.2, 0.25) is 0 Å². The molecule has 2 aromatic rings. The van der Waals surface area contributed by atoms with Crippen LogP contribution in [0, 0.1) is 5.21 Å². The highest BCUT2D eigenvalue weighted by atomic mass is 32.2. The molecule has 0 radical (unpaired) electrons. The van der Waals surface area contributed by atoms with Crippen molar-refractivity contribution in [3.63, 3.8) is 0 Å². The molecule has 14 heteroatoms. The molecule has 1 aromatic heterocycles. The van der Waals surface area contributed by atoms with Gasteiger partial charge in [0.15, 0.2) is 0 Å². The first-order valence-electron chi connectivity index (χ1n) is 12.2. The molecule has 1 aliphatic heterocycles. The Labute approximate surface area is 212 Å². The van der Waals surface area contributed by atoms with Crippen molar-refractivity contribution in [2.45, 2.75) is 57.2 Å². The highest BCUT2D eigenvalue weighted by Gasteiger charge is 2.41. The standard InChI is InChI=1S/C23H28F3N6O4S/c1-29-12-18(11-27-29)31(17-8-9-30(13-17)14-23(24,25)26)37(35,36)32(34)22(33)28-21-19-6-2-4-15(19)10-16-5-3-7-20(16)21/h10-12,17H,2-9,13-14H2,1H3,(H,28,33)/q-1. The maximum Gasteiger partial charge on any atom is 0.401 e. The Bertz CT molecular complexity index is 1280. The van der Waals surface area contributed by atoms with E-state index < -0.39 is 39.5 Å². The number of hydrogen-bond acceptors (Lipinski definition) is 6. The minimum Gasteiger partial charge on any atom is -0.740 e. The van der Waals surface area contributed by atoms with Crippen molar-refractivity contribution >= 4 is 27.6 Å². The van der Waals surface area contributed by atoms with Gasteiger partial charge in [0.1, 0.15) is 0 Å². The van der Waals surface area contributed by atoms with Crippen LogP contribution in [0.3, 0.4) is 0 Å².